The molecular weight excluding hydrogens is 228 g/mol. The van der Waals surface area contributed by atoms with Gasteiger partial charge < -0.3 is 5.32 Å². The Kier molecular flexibility index (Phi) is 4.47. The van der Waals surface area contributed by atoms with Crippen LogP contribution in [0.25, 0.3) is 0 Å². The number of rotatable bonds is 5. The van der Waals surface area contributed by atoms with E-state index in [0.29, 0.717) is 24.7 Å². The molecule has 2 rings (SSSR count). The highest BCUT2D eigenvalue weighted by Gasteiger charge is 2.22. The van der Waals surface area contributed by atoms with Crippen LogP contribution in [0.2, 0.25) is 0 Å². The third-order valence-electron chi connectivity index (χ3n) is 3.85. The van der Waals surface area contributed by atoms with E-state index in [1.54, 1.807) is 4.68 Å². The molecule has 0 bridgehead atoms. The first kappa shape index (κ1) is 13.2. The summed E-state index contributed by atoms with van der Waals surface area (Å²) in [6.45, 7) is 4.36. The van der Waals surface area contributed by atoms with E-state index in [9.17, 15) is 4.79 Å². The van der Waals surface area contributed by atoms with E-state index >= 15 is 0 Å². The van der Waals surface area contributed by atoms with Crippen LogP contribution in [0.1, 0.15) is 32.0 Å². The molecule has 1 N–H and O–H groups in total. The fraction of sp³-hybridized carbons (Fsp3) is 0.769. The maximum atomic E-state index is 12.0. The van der Waals surface area contributed by atoms with E-state index in [-0.39, 0.29) is 5.78 Å². The normalized spacial score (nSPS) is 21.8. The SMILES string of the molecule is CC(CC(=O)Cc1ncnn1C)C1CCCNC1. The lowest BCUT2D eigenvalue weighted by Gasteiger charge is -2.27. The summed E-state index contributed by atoms with van der Waals surface area (Å²) in [4.78, 5) is 16.1. The molecule has 5 nitrogen and oxygen atoms in total. The Bertz CT molecular complexity index is 395. The fourth-order valence-electron chi connectivity index (χ4n) is 2.62. The number of Topliss-reactive ketones (excluding diaryl/α,β-unsaturated/α-hetero) is 1. The van der Waals surface area contributed by atoms with E-state index < -0.39 is 0 Å². The number of ketones is 1. The molecule has 0 spiro atoms. The van der Waals surface area contributed by atoms with Crippen molar-refractivity contribution in [2.24, 2.45) is 18.9 Å². The molecule has 0 saturated carbocycles. The monoisotopic (exact) mass is 250 g/mol. The Hall–Kier alpha value is -1.23. The van der Waals surface area contributed by atoms with Crippen LogP contribution in [0.3, 0.4) is 0 Å². The summed E-state index contributed by atoms with van der Waals surface area (Å²) in [5, 5.41) is 7.39. The number of hydrogen-bond donors (Lipinski definition) is 1. The first-order valence-electron chi connectivity index (χ1n) is 6.72. The molecule has 1 aliphatic heterocycles. The van der Waals surface area contributed by atoms with E-state index in [1.807, 2.05) is 7.05 Å². The third kappa shape index (κ3) is 3.38. The first-order chi connectivity index (χ1) is 8.66. The van der Waals surface area contributed by atoms with Crippen LogP contribution in [0.15, 0.2) is 6.33 Å². The molecule has 2 unspecified atom stereocenters. The Balaban J connectivity index is 1.81. The van der Waals surface area contributed by atoms with Crippen LogP contribution in [0.4, 0.5) is 0 Å². The van der Waals surface area contributed by atoms with Gasteiger partial charge in [-0.05, 0) is 37.8 Å². The average Bonchev–Trinajstić information content (AvgIpc) is 2.76. The van der Waals surface area contributed by atoms with Gasteiger partial charge in [-0.3, -0.25) is 9.48 Å². The van der Waals surface area contributed by atoms with Crippen molar-refractivity contribution in [2.45, 2.75) is 32.6 Å². The second-order valence-corrected chi connectivity index (χ2v) is 5.30. The number of hydrogen-bond acceptors (Lipinski definition) is 4. The van der Waals surface area contributed by atoms with E-state index in [0.717, 1.165) is 18.9 Å². The smallest absolute Gasteiger partial charge is 0.140 e. The molecule has 1 aromatic rings. The molecule has 1 fully saturated rings. The van der Waals surface area contributed by atoms with Crippen molar-refractivity contribution in [1.29, 1.82) is 0 Å². The number of nitrogens with zero attached hydrogens (tertiary/aromatic N) is 3. The molecule has 0 amide bonds. The van der Waals surface area contributed by atoms with Crippen molar-refractivity contribution in [3.8, 4) is 0 Å². The van der Waals surface area contributed by atoms with Gasteiger partial charge in [0.15, 0.2) is 0 Å². The maximum Gasteiger partial charge on any atom is 0.140 e. The Morgan fingerprint density at radius 3 is 3.11 bits per heavy atom. The molecule has 1 aliphatic rings. The number of carbonyl (C=O) groups excluding carboxylic acids is 1. The van der Waals surface area contributed by atoms with Crippen molar-refractivity contribution in [3.63, 3.8) is 0 Å². The number of piperidine rings is 1. The summed E-state index contributed by atoms with van der Waals surface area (Å²) in [5.41, 5.74) is 0. The van der Waals surface area contributed by atoms with Crippen molar-refractivity contribution >= 4 is 5.78 Å². The topological polar surface area (TPSA) is 59.8 Å². The minimum atomic E-state index is 0.268. The lowest BCUT2D eigenvalue weighted by atomic mass is 9.84. The molecule has 100 valence electrons. The highest BCUT2D eigenvalue weighted by atomic mass is 16.1. The predicted octanol–water partition coefficient (Wildman–Crippen LogP) is 0.952. The van der Waals surface area contributed by atoms with E-state index in [2.05, 4.69) is 22.3 Å². The van der Waals surface area contributed by atoms with Gasteiger partial charge in [0, 0.05) is 13.5 Å². The fourth-order valence-corrected chi connectivity index (χ4v) is 2.62. The van der Waals surface area contributed by atoms with Gasteiger partial charge in [-0.25, -0.2) is 4.98 Å². The minimum Gasteiger partial charge on any atom is -0.316 e. The maximum absolute atomic E-state index is 12.0. The Morgan fingerprint density at radius 2 is 2.50 bits per heavy atom. The van der Waals surface area contributed by atoms with Crippen LogP contribution in [-0.4, -0.2) is 33.6 Å². The molecule has 0 aliphatic carbocycles. The molecule has 0 radical (unpaired) electrons. The lowest BCUT2D eigenvalue weighted by molar-refractivity contribution is -0.119. The molecular formula is C13H22N4O. The molecule has 18 heavy (non-hydrogen) atoms. The number of aromatic nitrogens is 3. The minimum absolute atomic E-state index is 0.268. The third-order valence-corrected chi connectivity index (χ3v) is 3.85. The molecule has 5 heteroatoms. The Morgan fingerprint density at radius 1 is 1.67 bits per heavy atom. The quantitative estimate of drug-likeness (QED) is 0.845. The second kappa shape index (κ2) is 6.09. The first-order valence-corrected chi connectivity index (χ1v) is 6.72. The highest BCUT2D eigenvalue weighted by molar-refractivity contribution is 5.80. The summed E-state index contributed by atoms with van der Waals surface area (Å²) >= 11 is 0. The van der Waals surface area contributed by atoms with Gasteiger partial charge >= 0.3 is 0 Å². The van der Waals surface area contributed by atoms with Crippen molar-refractivity contribution < 1.29 is 4.79 Å². The summed E-state index contributed by atoms with van der Waals surface area (Å²) in [5.74, 6) is 2.12. The van der Waals surface area contributed by atoms with Gasteiger partial charge in [0.25, 0.3) is 0 Å². The van der Waals surface area contributed by atoms with E-state index in [1.165, 1.54) is 19.2 Å². The highest BCUT2D eigenvalue weighted by Crippen LogP contribution is 2.23. The summed E-state index contributed by atoms with van der Waals surface area (Å²) in [6.07, 6.45) is 5.02. The van der Waals surface area contributed by atoms with E-state index in [4.69, 9.17) is 0 Å². The van der Waals surface area contributed by atoms with Crippen molar-refractivity contribution in [2.75, 3.05) is 13.1 Å². The average molecular weight is 250 g/mol. The summed E-state index contributed by atoms with van der Waals surface area (Å²) in [7, 11) is 1.82. The number of nitrogens with one attached hydrogen (secondary N) is 1. The van der Waals surface area contributed by atoms with Crippen molar-refractivity contribution in [3.05, 3.63) is 12.2 Å². The van der Waals surface area contributed by atoms with Gasteiger partial charge in [0.05, 0.1) is 6.42 Å². The van der Waals surface area contributed by atoms with Crippen LogP contribution < -0.4 is 5.32 Å². The van der Waals surface area contributed by atoms with Crippen LogP contribution in [0, 0.1) is 11.8 Å². The molecule has 0 aromatic carbocycles. The van der Waals surface area contributed by atoms with Gasteiger partial charge in [0.2, 0.25) is 0 Å². The second-order valence-electron chi connectivity index (χ2n) is 5.30. The standard InChI is InChI=1S/C13H22N4O/c1-10(11-4-3-5-14-8-11)6-12(18)7-13-15-9-16-17(13)2/h9-11,14H,3-8H2,1-2H3. The lowest BCUT2D eigenvalue weighted by Crippen LogP contribution is -2.34. The Labute approximate surface area is 108 Å². The molecule has 1 aromatic heterocycles. The van der Waals surface area contributed by atoms with Gasteiger partial charge in [-0.2, -0.15) is 5.10 Å². The van der Waals surface area contributed by atoms with Crippen LogP contribution in [0.5, 0.6) is 0 Å². The summed E-state index contributed by atoms with van der Waals surface area (Å²) in [6, 6.07) is 0. The number of carbonyl (C=O) groups is 1. The number of aryl methyl sites for hydroxylation is 1. The van der Waals surface area contributed by atoms with Gasteiger partial charge in [-0.15, -0.1) is 0 Å². The van der Waals surface area contributed by atoms with Crippen LogP contribution >= 0.6 is 0 Å². The largest absolute Gasteiger partial charge is 0.316 e. The van der Waals surface area contributed by atoms with Crippen LogP contribution in [-0.2, 0) is 18.3 Å². The zero-order chi connectivity index (χ0) is 13.0. The molecule has 2 atom stereocenters. The molecule has 2 heterocycles. The zero-order valence-corrected chi connectivity index (χ0v) is 11.2. The zero-order valence-electron chi connectivity index (χ0n) is 11.2. The van der Waals surface area contributed by atoms with Gasteiger partial charge in [-0.1, -0.05) is 6.92 Å². The summed E-state index contributed by atoms with van der Waals surface area (Å²) < 4.78 is 1.67. The van der Waals surface area contributed by atoms with Crippen molar-refractivity contribution in [1.82, 2.24) is 20.1 Å². The predicted molar refractivity (Wildman–Crippen MR) is 69.1 cm³/mol. The molecule has 1 saturated heterocycles. The van der Waals surface area contributed by atoms with Gasteiger partial charge in [0.1, 0.15) is 17.9 Å².